The van der Waals surface area contributed by atoms with Crippen molar-refractivity contribution in [2.45, 2.75) is 25.9 Å². The molecule has 22 heavy (non-hydrogen) atoms. The molecule has 6 heteroatoms. The van der Waals surface area contributed by atoms with Crippen molar-refractivity contribution < 1.29 is 0 Å². The highest BCUT2D eigenvalue weighted by Gasteiger charge is 2.16. The third-order valence-electron chi connectivity index (χ3n) is 3.57. The number of nitrogens with one attached hydrogen (secondary N) is 3. The van der Waals surface area contributed by atoms with Crippen LogP contribution in [0, 0.1) is 6.92 Å². The third-order valence-corrected chi connectivity index (χ3v) is 4.70. The molecule has 114 valence electrons. The summed E-state index contributed by atoms with van der Waals surface area (Å²) in [6.07, 6.45) is 0.900. The van der Waals surface area contributed by atoms with Crippen molar-refractivity contribution in [3.63, 3.8) is 0 Å². The summed E-state index contributed by atoms with van der Waals surface area (Å²) in [5.74, 6) is 0.622. The molecule has 3 aromatic rings. The van der Waals surface area contributed by atoms with E-state index in [0.717, 1.165) is 6.42 Å². The molecule has 1 atom stereocenters. The molecule has 0 aliphatic heterocycles. The second-order valence-electron chi connectivity index (χ2n) is 5.22. The van der Waals surface area contributed by atoms with Crippen LogP contribution in [-0.4, -0.2) is 15.2 Å². The Kier molecular flexibility index (Phi) is 4.50. The van der Waals surface area contributed by atoms with E-state index < -0.39 is 0 Å². The van der Waals surface area contributed by atoms with E-state index >= 15 is 0 Å². The smallest absolute Gasteiger partial charge is 0.302 e. The first-order chi connectivity index (χ1) is 10.7. The van der Waals surface area contributed by atoms with Gasteiger partial charge in [0.15, 0.2) is 0 Å². The van der Waals surface area contributed by atoms with Crippen LogP contribution in [-0.2, 0) is 13.0 Å². The van der Waals surface area contributed by atoms with Gasteiger partial charge in [0.2, 0.25) is 0 Å². The first-order valence-electron chi connectivity index (χ1n) is 7.17. The predicted molar refractivity (Wildman–Crippen MR) is 88.0 cm³/mol. The summed E-state index contributed by atoms with van der Waals surface area (Å²) in [6.45, 7) is 2.65. The highest BCUT2D eigenvalue weighted by atomic mass is 32.1. The summed E-state index contributed by atoms with van der Waals surface area (Å²) in [7, 11) is 0. The lowest BCUT2D eigenvalue weighted by atomic mass is 10.0. The number of rotatable bonds is 6. The molecule has 0 unspecified atom stereocenters. The van der Waals surface area contributed by atoms with E-state index in [1.807, 2.05) is 6.07 Å². The summed E-state index contributed by atoms with van der Waals surface area (Å²) in [5.41, 5.74) is 2.29. The largest absolute Gasteiger partial charge is 0.340 e. The first kappa shape index (κ1) is 14.7. The molecule has 0 saturated carbocycles. The van der Waals surface area contributed by atoms with Gasteiger partial charge in [-0.3, -0.25) is 4.98 Å². The number of aromatic nitrogens is 3. The molecular formula is C16H18N4OS. The van der Waals surface area contributed by atoms with E-state index in [4.69, 9.17) is 0 Å². The number of H-pyrrole nitrogens is 2. The summed E-state index contributed by atoms with van der Waals surface area (Å²) in [5, 5.41) is 11.9. The van der Waals surface area contributed by atoms with Crippen LogP contribution in [0.2, 0.25) is 0 Å². The molecular weight excluding hydrogens is 296 g/mol. The van der Waals surface area contributed by atoms with Gasteiger partial charge < -0.3 is 5.32 Å². The van der Waals surface area contributed by atoms with Crippen LogP contribution in [0.15, 0.2) is 46.6 Å². The van der Waals surface area contributed by atoms with Crippen molar-refractivity contribution in [3.8, 4) is 0 Å². The Morgan fingerprint density at radius 2 is 2.09 bits per heavy atom. The lowest BCUT2D eigenvalue weighted by Gasteiger charge is -2.18. The van der Waals surface area contributed by atoms with Gasteiger partial charge >= 0.3 is 5.69 Å². The normalized spacial score (nSPS) is 12.4. The highest BCUT2D eigenvalue weighted by Crippen LogP contribution is 2.27. The number of hydrogen-bond acceptors (Lipinski definition) is 4. The number of aryl methyl sites for hydroxylation is 1. The zero-order valence-electron chi connectivity index (χ0n) is 12.3. The van der Waals surface area contributed by atoms with Gasteiger partial charge in [-0.15, -0.1) is 11.3 Å². The van der Waals surface area contributed by atoms with E-state index in [2.05, 4.69) is 63.1 Å². The number of nitrogens with zero attached hydrogens (tertiary/aromatic N) is 1. The zero-order chi connectivity index (χ0) is 15.4. The van der Waals surface area contributed by atoms with E-state index in [9.17, 15) is 4.79 Å². The molecule has 3 rings (SSSR count). The maximum absolute atomic E-state index is 11.1. The molecule has 0 fully saturated rings. The lowest BCUT2D eigenvalue weighted by molar-refractivity contribution is 0.525. The average Bonchev–Trinajstić information content (AvgIpc) is 3.13. The quantitative estimate of drug-likeness (QED) is 0.654. The highest BCUT2D eigenvalue weighted by molar-refractivity contribution is 7.10. The lowest BCUT2D eigenvalue weighted by Crippen LogP contribution is -2.23. The minimum atomic E-state index is -0.274. The Balaban J connectivity index is 1.77. The average molecular weight is 314 g/mol. The first-order valence-corrected chi connectivity index (χ1v) is 8.05. The molecule has 0 spiro atoms. The van der Waals surface area contributed by atoms with Gasteiger partial charge in [0.25, 0.3) is 0 Å². The van der Waals surface area contributed by atoms with Gasteiger partial charge in [-0.05, 0) is 35.9 Å². The number of thiophene rings is 1. The SMILES string of the molecule is Cc1ccsc1[C@H](Cc1ccccc1)NCc1n[nH]c(=O)[nH]1. The van der Waals surface area contributed by atoms with Crippen LogP contribution in [0.4, 0.5) is 0 Å². The van der Waals surface area contributed by atoms with Gasteiger partial charge in [0.1, 0.15) is 5.82 Å². The van der Waals surface area contributed by atoms with Crippen molar-refractivity contribution in [2.75, 3.05) is 0 Å². The van der Waals surface area contributed by atoms with Gasteiger partial charge in [0, 0.05) is 10.9 Å². The topological polar surface area (TPSA) is 73.6 Å². The van der Waals surface area contributed by atoms with Crippen LogP contribution in [0.3, 0.4) is 0 Å². The molecule has 0 saturated heterocycles. The molecule has 5 nitrogen and oxygen atoms in total. The minimum Gasteiger partial charge on any atom is -0.302 e. The third kappa shape index (κ3) is 3.52. The van der Waals surface area contributed by atoms with Crippen molar-refractivity contribution >= 4 is 11.3 Å². The van der Waals surface area contributed by atoms with Crippen molar-refractivity contribution in [2.24, 2.45) is 0 Å². The van der Waals surface area contributed by atoms with Gasteiger partial charge in [0.05, 0.1) is 6.54 Å². The van der Waals surface area contributed by atoms with E-state index in [1.54, 1.807) is 11.3 Å². The maximum Gasteiger partial charge on any atom is 0.340 e. The minimum absolute atomic E-state index is 0.197. The van der Waals surface area contributed by atoms with Crippen LogP contribution < -0.4 is 11.0 Å². The Hall–Kier alpha value is -2.18. The van der Waals surface area contributed by atoms with Gasteiger partial charge in [-0.1, -0.05) is 30.3 Å². The van der Waals surface area contributed by atoms with E-state index in [0.29, 0.717) is 12.4 Å². The molecule has 0 bridgehead atoms. The Bertz CT molecular complexity index is 775. The van der Waals surface area contributed by atoms with Crippen LogP contribution in [0.1, 0.15) is 27.9 Å². The molecule has 0 radical (unpaired) electrons. The molecule has 0 amide bonds. The van der Waals surface area contributed by atoms with E-state index in [-0.39, 0.29) is 11.7 Å². The van der Waals surface area contributed by atoms with Crippen molar-refractivity contribution in [1.29, 1.82) is 0 Å². The molecule has 2 heterocycles. The fourth-order valence-electron chi connectivity index (χ4n) is 2.46. The number of hydrogen-bond donors (Lipinski definition) is 3. The molecule has 2 aromatic heterocycles. The van der Waals surface area contributed by atoms with Gasteiger partial charge in [-0.2, -0.15) is 5.10 Å². The summed E-state index contributed by atoms with van der Waals surface area (Å²) in [6, 6.07) is 12.7. The Morgan fingerprint density at radius 3 is 2.73 bits per heavy atom. The fraction of sp³-hybridized carbons (Fsp3) is 0.250. The second kappa shape index (κ2) is 6.72. The Morgan fingerprint density at radius 1 is 1.27 bits per heavy atom. The number of aromatic amines is 2. The zero-order valence-corrected chi connectivity index (χ0v) is 13.1. The van der Waals surface area contributed by atoms with Crippen molar-refractivity contribution in [1.82, 2.24) is 20.5 Å². The second-order valence-corrected chi connectivity index (χ2v) is 6.16. The van der Waals surface area contributed by atoms with Crippen LogP contribution >= 0.6 is 11.3 Å². The Labute approximate surface area is 132 Å². The van der Waals surface area contributed by atoms with Crippen molar-refractivity contribution in [3.05, 3.63) is 74.1 Å². The summed E-state index contributed by atoms with van der Waals surface area (Å²) < 4.78 is 0. The predicted octanol–water partition coefficient (Wildman–Crippen LogP) is 2.54. The fourth-order valence-corrected chi connectivity index (χ4v) is 3.46. The number of benzene rings is 1. The molecule has 3 N–H and O–H groups in total. The van der Waals surface area contributed by atoms with E-state index in [1.165, 1.54) is 16.0 Å². The van der Waals surface area contributed by atoms with Crippen LogP contribution in [0.5, 0.6) is 0 Å². The standard InChI is InChI=1S/C16H18N4OS/c1-11-7-8-22-15(11)13(9-12-5-3-2-4-6-12)17-10-14-18-16(21)20-19-14/h2-8,13,17H,9-10H2,1H3,(H2,18,19,20,21)/t13-/m0/s1. The molecule has 0 aliphatic carbocycles. The van der Waals surface area contributed by atoms with Crippen LogP contribution in [0.25, 0.3) is 0 Å². The maximum atomic E-state index is 11.1. The molecule has 1 aromatic carbocycles. The summed E-state index contributed by atoms with van der Waals surface area (Å²) >= 11 is 1.75. The van der Waals surface area contributed by atoms with Gasteiger partial charge in [-0.25, -0.2) is 9.89 Å². The summed E-state index contributed by atoms with van der Waals surface area (Å²) in [4.78, 5) is 15.1. The monoisotopic (exact) mass is 314 g/mol. The molecule has 0 aliphatic rings.